The first-order chi connectivity index (χ1) is 14.2. The van der Waals surface area contributed by atoms with Crippen molar-refractivity contribution in [3.8, 4) is 11.5 Å². The molecule has 3 aliphatic rings. The third-order valence-electron chi connectivity index (χ3n) is 6.00. The summed E-state index contributed by atoms with van der Waals surface area (Å²) in [4.78, 5) is 25.1. The van der Waals surface area contributed by atoms with E-state index in [0.29, 0.717) is 17.7 Å². The van der Waals surface area contributed by atoms with Gasteiger partial charge in [0.1, 0.15) is 17.3 Å². The second kappa shape index (κ2) is 7.58. The Morgan fingerprint density at radius 2 is 1.90 bits per heavy atom. The van der Waals surface area contributed by atoms with Crippen molar-refractivity contribution in [1.82, 2.24) is 5.32 Å². The Morgan fingerprint density at radius 1 is 1.17 bits per heavy atom. The third-order valence-corrected chi connectivity index (χ3v) is 6.30. The van der Waals surface area contributed by atoms with Crippen molar-refractivity contribution in [3.63, 3.8) is 0 Å². The van der Waals surface area contributed by atoms with Crippen LogP contribution in [0.4, 0.5) is 4.39 Å². The molecule has 3 fully saturated rings. The van der Waals surface area contributed by atoms with Crippen LogP contribution in [-0.2, 0) is 4.79 Å². The number of hydrogen-bond donors (Lipinski definition) is 1. The number of aryl methyl sites for hydroxylation is 1. The number of carbonyl (C=O) groups is 2. The van der Waals surface area contributed by atoms with Crippen molar-refractivity contribution < 1.29 is 23.5 Å². The molecule has 0 unspecified atom stereocenters. The van der Waals surface area contributed by atoms with Gasteiger partial charge in [0.15, 0.2) is 12.4 Å². The normalized spacial score (nSPS) is 23.7. The number of nitrogens with one attached hydrogen (secondary N) is 1. The van der Waals surface area contributed by atoms with Crippen LogP contribution in [0, 0.1) is 18.2 Å². The van der Waals surface area contributed by atoms with Gasteiger partial charge in [0, 0.05) is 18.0 Å². The maximum atomic E-state index is 13.4. The van der Waals surface area contributed by atoms with Gasteiger partial charge in [-0.2, -0.15) is 0 Å². The number of amides is 1. The van der Waals surface area contributed by atoms with Gasteiger partial charge in [-0.25, -0.2) is 4.39 Å². The summed E-state index contributed by atoms with van der Waals surface area (Å²) in [5, 5.41) is 3.01. The van der Waals surface area contributed by atoms with Crippen LogP contribution >= 0.6 is 11.6 Å². The largest absolute Gasteiger partial charge is 0.496 e. The molecule has 0 heterocycles. The number of Topliss-reactive ketones (excluding diaryl/α,β-unsaturated/α-hetero) is 1. The van der Waals surface area contributed by atoms with E-state index in [0.717, 1.165) is 30.9 Å². The SMILES string of the molecule is COc1ccc(C)cc1C(=O)CC12CC(NC(=O)COc3ccc(Cl)c(F)c3)(C1)C2. The van der Waals surface area contributed by atoms with Gasteiger partial charge in [-0.3, -0.25) is 9.59 Å². The first-order valence-electron chi connectivity index (χ1n) is 9.80. The third kappa shape index (κ3) is 3.88. The lowest BCUT2D eigenvalue weighted by molar-refractivity contribution is -0.164. The van der Waals surface area contributed by atoms with Gasteiger partial charge < -0.3 is 14.8 Å². The molecule has 0 spiro atoms. The zero-order valence-electron chi connectivity index (χ0n) is 16.9. The number of ketones is 1. The molecule has 5 nitrogen and oxygen atoms in total. The first-order valence-corrected chi connectivity index (χ1v) is 10.2. The Balaban J connectivity index is 1.27. The molecule has 0 aliphatic heterocycles. The quantitative estimate of drug-likeness (QED) is 0.625. The molecule has 0 saturated heterocycles. The second-order valence-corrected chi connectivity index (χ2v) is 8.93. The highest BCUT2D eigenvalue weighted by Crippen LogP contribution is 2.69. The van der Waals surface area contributed by atoms with Crippen molar-refractivity contribution in [2.75, 3.05) is 13.7 Å². The molecule has 1 N–H and O–H groups in total. The molecule has 0 atom stereocenters. The molecule has 3 saturated carbocycles. The Labute approximate surface area is 179 Å². The minimum Gasteiger partial charge on any atom is -0.496 e. The summed E-state index contributed by atoms with van der Waals surface area (Å²) in [6, 6.07) is 9.65. The predicted octanol–water partition coefficient (Wildman–Crippen LogP) is 4.49. The van der Waals surface area contributed by atoms with Gasteiger partial charge in [0.05, 0.1) is 17.7 Å². The number of ether oxygens (including phenoxy) is 2. The van der Waals surface area contributed by atoms with Crippen molar-refractivity contribution in [2.24, 2.45) is 5.41 Å². The van der Waals surface area contributed by atoms with Crippen LogP contribution in [0.2, 0.25) is 5.02 Å². The summed E-state index contributed by atoms with van der Waals surface area (Å²) in [6.07, 6.45) is 2.79. The van der Waals surface area contributed by atoms with Crippen molar-refractivity contribution in [2.45, 2.75) is 38.1 Å². The molecule has 158 valence electrons. The topological polar surface area (TPSA) is 64.6 Å². The number of methoxy groups -OCH3 is 1. The van der Waals surface area contributed by atoms with E-state index in [1.807, 2.05) is 25.1 Å². The van der Waals surface area contributed by atoms with Crippen LogP contribution in [-0.4, -0.2) is 30.9 Å². The van der Waals surface area contributed by atoms with Crippen LogP contribution in [0.3, 0.4) is 0 Å². The van der Waals surface area contributed by atoms with Crippen LogP contribution < -0.4 is 14.8 Å². The van der Waals surface area contributed by atoms with Gasteiger partial charge in [0.2, 0.25) is 0 Å². The summed E-state index contributed by atoms with van der Waals surface area (Å²) in [6.45, 7) is 1.75. The Hall–Kier alpha value is -2.60. The smallest absolute Gasteiger partial charge is 0.258 e. The molecular formula is C23H23ClFNO4. The lowest BCUT2D eigenvalue weighted by atomic mass is 9.38. The van der Waals surface area contributed by atoms with Crippen molar-refractivity contribution in [1.29, 1.82) is 0 Å². The Morgan fingerprint density at radius 3 is 2.57 bits per heavy atom. The van der Waals surface area contributed by atoms with E-state index in [9.17, 15) is 14.0 Å². The number of benzene rings is 2. The Bertz CT molecular complexity index is 1000. The summed E-state index contributed by atoms with van der Waals surface area (Å²) >= 11 is 5.63. The van der Waals surface area contributed by atoms with E-state index in [4.69, 9.17) is 21.1 Å². The monoisotopic (exact) mass is 431 g/mol. The first kappa shape index (κ1) is 20.7. The summed E-state index contributed by atoms with van der Waals surface area (Å²) < 4.78 is 24.1. The van der Waals surface area contributed by atoms with Gasteiger partial charge in [-0.1, -0.05) is 23.2 Å². The molecule has 3 aliphatic carbocycles. The number of carbonyl (C=O) groups excluding carboxylic acids is 2. The molecular weight excluding hydrogens is 409 g/mol. The van der Waals surface area contributed by atoms with Crippen LogP contribution in [0.15, 0.2) is 36.4 Å². The van der Waals surface area contributed by atoms with Crippen LogP contribution in [0.5, 0.6) is 11.5 Å². The molecule has 0 radical (unpaired) electrons. The zero-order chi connectivity index (χ0) is 21.5. The van der Waals surface area contributed by atoms with Crippen LogP contribution in [0.1, 0.15) is 41.6 Å². The highest BCUT2D eigenvalue weighted by molar-refractivity contribution is 6.30. The van der Waals surface area contributed by atoms with Crippen molar-refractivity contribution >= 4 is 23.3 Å². The molecule has 2 bridgehead atoms. The second-order valence-electron chi connectivity index (χ2n) is 8.53. The molecule has 1 amide bonds. The zero-order valence-corrected chi connectivity index (χ0v) is 17.6. The predicted molar refractivity (Wildman–Crippen MR) is 111 cm³/mol. The van der Waals surface area contributed by atoms with Gasteiger partial charge in [-0.05, 0) is 55.9 Å². The summed E-state index contributed by atoms with van der Waals surface area (Å²) in [7, 11) is 1.56. The van der Waals surface area contributed by atoms with Gasteiger partial charge in [0.25, 0.3) is 5.91 Å². The van der Waals surface area contributed by atoms with Gasteiger partial charge in [-0.15, -0.1) is 0 Å². The maximum absolute atomic E-state index is 13.4. The molecule has 30 heavy (non-hydrogen) atoms. The minimum absolute atomic E-state index is 0.00352. The van der Waals surface area contributed by atoms with E-state index in [1.165, 1.54) is 12.1 Å². The maximum Gasteiger partial charge on any atom is 0.258 e. The van der Waals surface area contributed by atoms with E-state index in [2.05, 4.69) is 5.32 Å². The average Bonchev–Trinajstić information content (AvgIpc) is 2.66. The van der Waals surface area contributed by atoms with E-state index >= 15 is 0 Å². The standard InChI is InChI=1S/C23H23ClFNO4/c1-14-3-6-20(29-2)16(7-14)19(27)9-22-11-23(12-22,13-22)26-21(28)10-30-15-4-5-17(24)18(25)8-15/h3-8H,9-13H2,1-2H3,(H,26,28). The summed E-state index contributed by atoms with van der Waals surface area (Å²) in [5.41, 5.74) is 1.34. The fourth-order valence-electron chi connectivity index (χ4n) is 4.84. The number of hydrogen-bond acceptors (Lipinski definition) is 4. The molecule has 2 aromatic carbocycles. The fraction of sp³-hybridized carbons (Fsp3) is 0.391. The van der Waals surface area contributed by atoms with Gasteiger partial charge >= 0.3 is 0 Å². The number of halogens is 2. The lowest BCUT2D eigenvalue weighted by Gasteiger charge is -2.70. The summed E-state index contributed by atoms with van der Waals surface area (Å²) in [5.74, 6) is 0.0641. The molecule has 0 aromatic heterocycles. The molecule has 5 rings (SSSR count). The number of rotatable bonds is 8. The lowest BCUT2D eigenvalue weighted by Crippen LogP contribution is -2.75. The highest BCUT2D eigenvalue weighted by atomic mass is 35.5. The molecule has 7 heteroatoms. The van der Waals surface area contributed by atoms with Crippen LogP contribution in [0.25, 0.3) is 0 Å². The highest BCUT2D eigenvalue weighted by Gasteiger charge is 2.68. The molecule has 2 aromatic rings. The van der Waals surface area contributed by atoms with Crippen molar-refractivity contribution in [3.05, 3.63) is 58.4 Å². The van der Waals surface area contributed by atoms with E-state index in [-0.39, 0.29) is 40.0 Å². The van der Waals surface area contributed by atoms with E-state index < -0.39 is 5.82 Å². The fourth-order valence-corrected chi connectivity index (χ4v) is 4.96. The average molecular weight is 432 g/mol. The van der Waals surface area contributed by atoms with E-state index in [1.54, 1.807) is 7.11 Å². The Kier molecular flexibility index (Phi) is 5.22. The minimum atomic E-state index is -0.592.